The first-order valence-corrected chi connectivity index (χ1v) is 6.14. The Hall–Kier alpha value is -2.15. The molecule has 4 N–H and O–H groups in total. The number of nitrogens with two attached hydrogens (primary N) is 1. The molecule has 0 heterocycles. The van der Waals surface area contributed by atoms with E-state index in [1.54, 1.807) is 6.92 Å². The number of carboxylic acids is 1. The molecule has 0 saturated carbocycles. The smallest absolute Gasteiger partial charge is 0.303 e. The molecule has 0 saturated heterocycles. The molecule has 7 heteroatoms. The molecule has 110 valence electrons. The molecule has 0 aliphatic carbocycles. The summed E-state index contributed by atoms with van der Waals surface area (Å²) in [5.74, 6) is -2.08. The van der Waals surface area contributed by atoms with Gasteiger partial charge in [0.1, 0.15) is 0 Å². The van der Waals surface area contributed by atoms with Crippen LogP contribution in [0.2, 0.25) is 0 Å². The van der Waals surface area contributed by atoms with Crippen LogP contribution >= 0.6 is 0 Å². The normalized spacial score (nSPS) is 11.8. The Kier molecular flexibility index (Phi) is 5.92. The zero-order valence-corrected chi connectivity index (χ0v) is 11.1. The van der Waals surface area contributed by atoms with Crippen LogP contribution in [0.25, 0.3) is 0 Å². The van der Waals surface area contributed by atoms with E-state index in [9.17, 15) is 14.0 Å². The van der Waals surface area contributed by atoms with E-state index in [1.165, 1.54) is 12.1 Å². The summed E-state index contributed by atoms with van der Waals surface area (Å²) in [6.07, 6.45) is -0.188. The maximum Gasteiger partial charge on any atom is 0.303 e. The molecule has 0 aliphatic heterocycles. The minimum Gasteiger partial charge on any atom is -0.491 e. The van der Waals surface area contributed by atoms with Crippen molar-refractivity contribution in [2.75, 3.05) is 11.9 Å². The molecule has 0 radical (unpaired) electrons. The second kappa shape index (κ2) is 7.44. The maximum atomic E-state index is 13.6. The number of carbonyl (C=O) groups is 2. The summed E-state index contributed by atoms with van der Waals surface area (Å²) < 4.78 is 18.6. The third-order valence-corrected chi connectivity index (χ3v) is 2.51. The lowest BCUT2D eigenvalue weighted by molar-refractivity contribution is -0.137. The summed E-state index contributed by atoms with van der Waals surface area (Å²) in [6.45, 7) is 2.07. The maximum absolute atomic E-state index is 13.6. The van der Waals surface area contributed by atoms with Gasteiger partial charge >= 0.3 is 5.97 Å². The highest BCUT2D eigenvalue weighted by atomic mass is 19.1. The molecule has 20 heavy (non-hydrogen) atoms. The first kappa shape index (κ1) is 15.9. The monoisotopic (exact) mass is 284 g/mol. The fourth-order valence-electron chi connectivity index (χ4n) is 1.50. The van der Waals surface area contributed by atoms with E-state index >= 15 is 0 Å². The number of anilines is 1. The average Bonchev–Trinajstić information content (AvgIpc) is 2.39. The van der Waals surface area contributed by atoms with Crippen molar-refractivity contribution in [3.63, 3.8) is 0 Å². The van der Waals surface area contributed by atoms with Crippen LogP contribution in [0.3, 0.4) is 0 Å². The van der Waals surface area contributed by atoms with Gasteiger partial charge in [-0.2, -0.15) is 0 Å². The summed E-state index contributed by atoms with van der Waals surface area (Å²) in [4.78, 5) is 22.0. The van der Waals surface area contributed by atoms with Crippen LogP contribution in [0.5, 0.6) is 5.75 Å². The van der Waals surface area contributed by atoms with Gasteiger partial charge in [-0.25, -0.2) is 4.39 Å². The number of hydrogen-bond donors (Lipinski definition) is 3. The third-order valence-electron chi connectivity index (χ3n) is 2.51. The van der Waals surface area contributed by atoms with Gasteiger partial charge in [-0.05, 0) is 25.5 Å². The fraction of sp³-hybridized carbons (Fsp3) is 0.385. The summed E-state index contributed by atoms with van der Waals surface area (Å²) >= 11 is 0. The number of carbonyl (C=O) groups excluding carboxylic acids is 1. The number of halogens is 1. The van der Waals surface area contributed by atoms with Crippen molar-refractivity contribution in [1.82, 2.24) is 0 Å². The van der Waals surface area contributed by atoms with E-state index in [2.05, 4.69) is 5.32 Å². The number of carboxylic acid groups (broad SMARTS) is 1. The molecular weight excluding hydrogens is 267 g/mol. The summed E-state index contributed by atoms with van der Waals surface area (Å²) in [5, 5.41) is 10.9. The number of nitrogens with one attached hydrogen (secondary N) is 1. The van der Waals surface area contributed by atoms with E-state index in [0.29, 0.717) is 6.61 Å². The number of rotatable bonds is 7. The quantitative estimate of drug-likeness (QED) is 0.701. The zero-order valence-electron chi connectivity index (χ0n) is 11.1. The SMILES string of the molecule is CCOc1ccc(NC(=O)C(N)CCC(=O)O)cc1F. The van der Waals surface area contributed by atoms with Crippen LogP contribution in [-0.4, -0.2) is 29.6 Å². The highest BCUT2D eigenvalue weighted by Gasteiger charge is 2.15. The van der Waals surface area contributed by atoms with E-state index in [1.807, 2.05) is 0 Å². The van der Waals surface area contributed by atoms with Gasteiger partial charge in [0.15, 0.2) is 11.6 Å². The number of benzene rings is 1. The van der Waals surface area contributed by atoms with E-state index in [-0.39, 0.29) is 24.3 Å². The number of ether oxygens (including phenoxy) is 1. The third kappa shape index (κ3) is 4.85. The van der Waals surface area contributed by atoms with Gasteiger partial charge in [0, 0.05) is 18.2 Å². The van der Waals surface area contributed by atoms with Crippen LogP contribution in [0.15, 0.2) is 18.2 Å². The van der Waals surface area contributed by atoms with Crippen molar-refractivity contribution in [1.29, 1.82) is 0 Å². The first-order valence-electron chi connectivity index (χ1n) is 6.14. The molecule has 0 spiro atoms. The van der Waals surface area contributed by atoms with Gasteiger partial charge in [0.2, 0.25) is 5.91 Å². The highest BCUT2D eigenvalue weighted by molar-refractivity contribution is 5.94. The van der Waals surface area contributed by atoms with Crippen LogP contribution in [-0.2, 0) is 9.59 Å². The Morgan fingerprint density at radius 1 is 1.50 bits per heavy atom. The van der Waals surface area contributed by atoms with Crippen LogP contribution in [0.4, 0.5) is 10.1 Å². The molecule has 0 bridgehead atoms. The standard InChI is InChI=1S/C13H17FN2O4/c1-2-20-11-5-3-8(7-9(11)14)16-13(19)10(15)4-6-12(17)18/h3,5,7,10H,2,4,6,15H2,1H3,(H,16,19)(H,17,18). The number of aliphatic carboxylic acids is 1. The minimum absolute atomic E-state index is 0.0146. The molecule has 0 fully saturated rings. The van der Waals surface area contributed by atoms with Gasteiger partial charge in [0.25, 0.3) is 0 Å². The predicted molar refractivity (Wildman–Crippen MR) is 71.0 cm³/mol. The number of hydrogen-bond acceptors (Lipinski definition) is 4. The number of amides is 1. The van der Waals surface area contributed by atoms with Crippen LogP contribution in [0.1, 0.15) is 19.8 Å². The molecule has 1 unspecified atom stereocenters. The Morgan fingerprint density at radius 2 is 2.20 bits per heavy atom. The lowest BCUT2D eigenvalue weighted by atomic mass is 10.1. The van der Waals surface area contributed by atoms with Crippen molar-refractivity contribution < 1.29 is 23.8 Å². The predicted octanol–water partition coefficient (Wildman–Crippen LogP) is 1.35. The molecule has 0 aliphatic rings. The van der Waals surface area contributed by atoms with Crippen molar-refractivity contribution in [3.05, 3.63) is 24.0 Å². The van der Waals surface area contributed by atoms with E-state index in [0.717, 1.165) is 6.07 Å². The molecule has 0 aromatic heterocycles. The zero-order chi connectivity index (χ0) is 15.1. The fourth-order valence-corrected chi connectivity index (χ4v) is 1.50. The molecular formula is C13H17FN2O4. The second-order valence-corrected chi connectivity index (χ2v) is 4.11. The Morgan fingerprint density at radius 3 is 2.75 bits per heavy atom. The van der Waals surface area contributed by atoms with E-state index in [4.69, 9.17) is 15.6 Å². The van der Waals surface area contributed by atoms with Gasteiger partial charge in [0.05, 0.1) is 12.6 Å². The molecule has 1 rings (SSSR count). The first-order chi connectivity index (χ1) is 9.43. The van der Waals surface area contributed by atoms with Crippen molar-refractivity contribution >= 4 is 17.6 Å². The Balaban J connectivity index is 2.61. The van der Waals surface area contributed by atoms with Crippen molar-refractivity contribution in [2.45, 2.75) is 25.8 Å². The minimum atomic E-state index is -1.03. The summed E-state index contributed by atoms with van der Waals surface area (Å²) in [7, 11) is 0. The largest absolute Gasteiger partial charge is 0.491 e. The lowest BCUT2D eigenvalue weighted by Gasteiger charge is -2.12. The van der Waals surface area contributed by atoms with Crippen LogP contribution < -0.4 is 15.8 Å². The molecule has 1 aromatic carbocycles. The van der Waals surface area contributed by atoms with Crippen molar-refractivity contribution in [2.24, 2.45) is 5.73 Å². The average molecular weight is 284 g/mol. The van der Waals surface area contributed by atoms with Crippen molar-refractivity contribution in [3.8, 4) is 5.75 Å². The Bertz CT molecular complexity index is 493. The van der Waals surface area contributed by atoms with Gasteiger partial charge in [-0.1, -0.05) is 0 Å². The topological polar surface area (TPSA) is 102 Å². The molecule has 1 atom stereocenters. The van der Waals surface area contributed by atoms with Gasteiger partial charge in [-0.15, -0.1) is 0 Å². The Labute approximate surface area is 115 Å². The lowest BCUT2D eigenvalue weighted by Crippen LogP contribution is -2.36. The molecule has 1 aromatic rings. The van der Waals surface area contributed by atoms with Crippen LogP contribution in [0, 0.1) is 5.82 Å². The van der Waals surface area contributed by atoms with E-state index < -0.39 is 23.7 Å². The summed E-state index contributed by atoms with van der Waals surface area (Å²) in [6, 6.07) is 3.04. The van der Waals surface area contributed by atoms with Gasteiger partial charge in [-0.3, -0.25) is 9.59 Å². The summed E-state index contributed by atoms with van der Waals surface area (Å²) in [5.41, 5.74) is 5.77. The highest BCUT2D eigenvalue weighted by Crippen LogP contribution is 2.21. The molecule has 6 nitrogen and oxygen atoms in total. The van der Waals surface area contributed by atoms with Gasteiger partial charge < -0.3 is 20.9 Å². The molecule has 1 amide bonds. The second-order valence-electron chi connectivity index (χ2n) is 4.11.